The average Bonchev–Trinajstić information content (AvgIpc) is 2.24. The van der Waals surface area contributed by atoms with Crippen molar-refractivity contribution >= 4 is 17.4 Å². The fraction of sp³-hybridized carbons (Fsp3) is 0.462. The number of hydrogen-bond donors (Lipinski definition) is 1. The number of likely N-dealkylation sites (N-methyl/N-ethyl adjacent to an activating group) is 1. The molecule has 0 amide bonds. The topological polar surface area (TPSA) is 29.1 Å². The summed E-state index contributed by atoms with van der Waals surface area (Å²) >= 11 is 5.82. The molecule has 1 aromatic carbocycles. The van der Waals surface area contributed by atoms with Gasteiger partial charge in [-0.2, -0.15) is 0 Å². The van der Waals surface area contributed by atoms with Crippen LogP contribution >= 0.6 is 11.6 Å². The number of rotatable bonds is 5. The Kier molecular flexibility index (Phi) is 4.66. The van der Waals surface area contributed by atoms with E-state index in [0.29, 0.717) is 12.1 Å². The lowest BCUT2D eigenvalue weighted by Gasteiger charge is -2.24. The van der Waals surface area contributed by atoms with Crippen LogP contribution in [0.5, 0.6) is 0 Å². The second kappa shape index (κ2) is 5.61. The fourth-order valence-electron chi connectivity index (χ4n) is 1.62. The second-order valence-corrected chi connectivity index (χ2v) is 4.85. The van der Waals surface area contributed by atoms with E-state index in [9.17, 15) is 9.18 Å². The van der Waals surface area contributed by atoms with E-state index in [1.54, 1.807) is 12.1 Å². The van der Waals surface area contributed by atoms with E-state index >= 15 is 0 Å². The van der Waals surface area contributed by atoms with E-state index in [1.807, 2.05) is 20.8 Å². The van der Waals surface area contributed by atoms with Crippen LogP contribution in [-0.2, 0) is 11.2 Å². The monoisotopic (exact) mass is 257 g/mol. The number of benzene rings is 1. The molecule has 4 heteroatoms. The van der Waals surface area contributed by atoms with Gasteiger partial charge in [0.15, 0.2) is 5.78 Å². The summed E-state index contributed by atoms with van der Waals surface area (Å²) in [7, 11) is 0. The van der Waals surface area contributed by atoms with Gasteiger partial charge in [0.05, 0.1) is 10.6 Å². The van der Waals surface area contributed by atoms with Gasteiger partial charge in [0, 0.05) is 6.42 Å². The first-order valence-corrected chi connectivity index (χ1v) is 5.97. The summed E-state index contributed by atoms with van der Waals surface area (Å²) in [4.78, 5) is 12.0. The van der Waals surface area contributed by atoms with Crippen molar-refractivity contribution in [3.63, 3.8) is 0 Å². The van der Waals surface area contributed by atoms with Crippen molar-refractivity contribution in [2.45, 2.75) is 32.7 Å². The standard InChI is InChI=1S/C13H17ClFNO/c1-4-16-13(2,3)11(17)8-9-6-5-7-10(15)12(9)14/h5-7,16H,4,8H2,1-3H3. The predicted octanol–water partition coefficient (Wildman–Crippen LogP) is 2.98. The summed E-state index contributed by atoms with van der Waals surface area (Å²) in [5, 5.41) is 3.12. The number of carbonyl (C=O) groups is 1. The molecule has 0 aliphatic carbocycles. The molecule has 0 spiro atoms. The predicted molar refractivity (Wildman–Crippen MR) is 67.9 cm³/mol. The van der Waals surface area contributed by atoms with Crippen molar-refractivity contribution in [2.75, 3.05) is 6.54 Å². The molecule has 0 unspecified atom stereocenters. The Labute approximate surface area is 106 Å². The molecule has 1 rings (SSSR count). The number of carbonyl (C=O) groups excluding carboxylic acids is 1. The third-order valence-corrected chi connectivity index (χ3v) is 3.12. The van der Waals surface area contributed by atoms with Crippen LogP contribution in [-0.4, -0.2) is 17.9 Å². The average molecular weight is 258 g/mol. The Morgan fingerprint density at radius 1 is 1.47 bits per heavy atom. The van der Waals surface area contributed by atoms with E-state index in [1.165, 1.54) is 6.07 Å². The molecule has 17 heavy (non-hydrogen) atoms. The van der Waals surface area contributed by atoms with Gasteiger partial charge in [-0.05, 0) is 32.0 Å². The van der Waals surface area contributed by atoms with E-state index < -0.39 is 11.4 Å². The Bertz CT molecular complexity index is 418. The molecule has 0 aliphatic rings. The maximum absolute atomic E-state index is 13.2. The molecule has 0 saturated carbocycles. The largest absolute Gasteiger partial charge is 0.306 e. The van der Waals surface area contributed by atoms with E-state index in [2.05, 4.69) is 5.32 Å². The van der Waals surface area contributed by atoms with Crippen LogP contribution < -0.4 is 5.32 Å². The number of ketones is 1. The highest BCUT2D eigenvalue weighted by atomic mass is 35.5. The number of Topliss-reactive ketones (excluding diaryl/α,β-unsaturated/α-hetero) is 1. The minimum absolute atomic E-state index is 0.00755. The number of nitrogens with one attached hydrogen (secondary N) is 1. The zero-order chi connectivity index (χ0) is 13.1. The molecular weight excluding hydrogens is 241 g/mol. The molecule has 1 aromatic rings. The minimum atomic E-state index is -0.621. The van der Waals surface area contributed by atoms with Crippen LogP contribution in [0.25, 0.3) is 0 Å². The molecule has 0 saturated heterocycles. The highest BCUT2D eigenvalue weighted by Crippen LogP contribution is 2.21. The van der Waals surface area contributed by atoms with Crippen molar-refractivity contribution in [3.8, 4) is 0 Å². The van der Waals surface area contributed by atoms with Gasteiger partial charge in [0.25, 0.3) is 0 Å². The van der Waals surface area contributed by atoms with Crippen molar-refractivity contribution in [1.82, 2.24) is 5.32 Å². The SMILES string of the molecule is CCNC(C)(C)C(=O)Cc1cccc(F)c1Cl. The van der Waals surface area contributed by atoms with Gasteiger partial charge in [-0.25, -0.2) is 4.39 Å². The second-order valence-electron chi connectivity index (χ2n) is 4.47. The first-order valence-electron chi connectivity index (χ1n) is 5.59. The molecule has 0 bridgehead atoms. The van der Waals surface area contributed by atoms with E-state index in [-0.39, 0.29) is 17.2 Å². The minimum Gasteiger partial charge on any atom is -0.306 e. The summed E-state index contributed by atoms with van der Waals surface area (Å²) in [6.45, 7) is 6.26. The maximum atomic E-state index is 13.2. The first-order chi connectivity index (χ1) is 7.88. The highest BCUT2D eigenvalue weighted by Gasteiger charge is 2.26. The highest BCUT2D eigenvalue weighted by molar-refractivity contribution is 6.31. The summed E-state index contributed by atoms with van der Waals surface area (Å²) in [5.74, 6) is -0.495. The molecule has 0 radical (unpaired) electrons. The van der Waals surface area contributed by atoms with Crippen LogP contribution in [0.4, 0.5) is 4.39 Å². The van der Waals surface area contributed by atoms with Gasteiger partial charge < -0.3 is 5.32 Å². The smallest absolute Gasteiger partial charge is 0.156 e. The van der Waals surface area contributed by atoms with Gasteiger partial charge in [-0.1, -0.05) is 30.7 Å². The summed E-state index contributed by atoms with van der Waals surface area (Å²) in [5.41, 5.74) is -0.0904. The molecule has 0 atom stereocenters. The van der Waals surface area contributed by atoms with Gasteiger partial charge >= 0.3 is 0 Å². The lowest BCUT2D eigenvalue weighted by Crippen LogP contribution is -2.47. The summed E-state index contributed by atoms with van der Waals surface area (Å²) in [6.07, 6.45) is 0.136. The molecule has 94 valence electrons. The molecule has 2 nitrogen and oxygen atoms in total. The maximum Gasteiger partial charge on any atom is 0.156 e. The third-order valence-electron chi connectivity index (χ3n) is 2.70. The van der Waals surface area contributed by atoms with Gasteiger partial charge in [-0.15, -0.1) is 0 Å². The van der Waals surface area contributed by atoms with Gasteiger partial charge in [-0.3, -0.25) is 4.79 Å². The molecule has 0 fully saturated rings. The zero-order valence-electron chi connectivity index (χ0n) is 10.3. The molecule has 0 aromatic heterocycles. The Balaban J connectivity index is 2.85. The summed E-state index contributed by atoms with van der Waals surface area (Å²) in [6, 6.07) is 4.52. The normalized spacial score (nSPS) is 11.6. The van der Waals surface area contributed by atoms with Crippen LogP contribution in [0.2, 0.25) is 5.02 Å². The van der Waals surface area contributed by atoms with Crippen molar-refractivity contribution in [1.29, 1.82) is 0 Å². The number of hydrogen-bond acceptors (Lipinski definition) is 2. The number of halogens is 2. The van der Waals surface area contributed by atoms with Gasteiger partial charge in [0.2, 0.25) is 0 Å². The molecule has 0 heterocycles. The van der Waals surface area contributed by atoms with Crippen LogP contribution in [0.3, 0.4) is 0 Å². The van der Waals surface area contributed by atoms with Crippen molar-refractivity contribution in [3.05, 3.63) is 34.6 Å². The first kappa shape index (κ1) is 14.1. The Morgan fingerprint density at radius 2 is 2.12 bits per heavy atom. The van der Waals surface area contributed by atoms with E-state index in [0.717, 1.165) is 0 Å². The molecule has 1 N–H and O–H groups in total. The Hall–Kier alpha value is -0.930. The van der Waals surface area contributed by atoms with Crippen molar-refractivity contribution in [2.24, 2.45) is 0 Å². The van der Waals surface area contributed by atoms with Crippen LogP contribution in [0, 0.1) is 5.82 Å². The molecule has 0 aliphatic heterocycles. The zero-order valence-corrected chi connectivity index (χ0v) is 11.1. The lowest BCUT2D eigenvalue weighted by atomic mass is 9.93. The van der Waals surface area contributed by atoms with Crippen LogP contribution in [0.15, 0.2) is 18.2 Å². The lowest BCUT2D eigenvalue weighted by molar-refractivity contribution is -0.123. The molecular formula is C13H17ClFNO. The van der Waals surface area contributed by atoms with Gasteiger partial charge in [0.1, 0.15) is 5.82 Å². The Morgan fingerprint density at radius 3 is 2.71 bits per heavy atom. The van der Waals surface area contributed by atoms with Crippen molar-refractivity contribution < 1.29 is 9.18 Å². The van der Waals surface area contributed by atoms with Crippen LogP contribution in [0.1, 0.15) is 26.3 Å². The fourth-order valence-corrected chi connectivity index (χ4v) is 1.81. The van der Waals surface area contributed by atoms with E-state index in [4.69, 9.17) is 11.6 Å². The summed E-state index contributed by atoms with van der Waals surface area (Å²) < 4.78 is 13.2. The quantitative estimate of drug-likeness (QED) is 0.879. The third kappa shape index (κ3) is 3.51.